The van der Waals surface area contributed by atoms with Crippen molar-refractivity contribution in [3.05, 3.63) is 58.6 Å². The first kappa shape index (κ1) is 11.8. The fourth-order valence-corrected chi connectivity index (χ4v) is 1.91. The number of aromatic hydroxyl groups is 1. The van der Waals surface area contributed by atoms with Crippen molar-refractivity contribution in [2.45, 2.75) is 6.04 Å². The van der Waals surface area contributed by atoms with Crippen LogP contribution in [0.1, 0.15) is 17.2 Å². The van der Waals surface area contributed by atoms with Gasteiger partial charge in [0.2, 0.25) is 0 Å². The molecule has 2 aromatic carbocycles. The number of hydrogen-bond acceptors (Lipinski definition) is 3. The predicted molar refractivity (Wildman–Crippen MR) is 70.0 cm³/mol. The Morgan fingerprint density at radius 2 is 1.76 bits per heavy atom. The Balaban J connectivity index is 2.47. The van der Waals surface area contributed by atoms with Gasteiger partial charge in [0, 0.05) is 16.3 Å². The lowest BCUT2D eigenvalue weighted by Crippen LogP contribution is -2.14. The average molecular weight is 249 g/mol. The number of phenolic OH excluding ortho intramolecular Hbond substituents is 1. The van der Waals surface area contributed by atoms with Crippen LogP contribution >= 0.6 is 11.6 Å². The third-order valence-electron chi connectivity index (χ3n) is 2.66. The molecule has 0 radical (unpaired) electrons. The summed E-state index contributed by atoms with van der Waals surface area (Å²) in [5, 5.41) is 10.3. The minimum Gasteiger partial charge on any atom is -0.508 e. The van der Waals surface area contributed by atoms with Crippen molar-refractivity contribution in [1.29, 1.82) is 0 Å². The lowest BCUT2D eigenvalue weighted by molar-refractivity contribution is 0.465. The van der Waals surface area contributed by atoms with Gasteiger partial charge in [-0.05, 0) is 29.8 Å². The van der Waals surface area contributed by atoms with Crippen molar-refractivity contribution in [2.24, 2.45) is 5.73 Å². The van der Waals surface area contributed by atoms with Gasteiger partial charge in [-0.3, -0.25) is 0 Å². The Hall–Kier alpha value is -1.71. The summed E-state index contributed by atoms with van der Waals surface area (Å²) in [7, 11) is 0. The summed E-state index contributed by atoms with van der Waals surface area (Å²) in [6.45, 7) is 0. The molecular weight excluding hydrogens is 236 g/mol. The molecule has 0 aliphatic heterocycles. The summed E-state index contributed by atoms with van der Waals surface area (Å²) in [4.78, 5) is 0. The smallest absolute Gasteiger partial charge is 0.120 e. The van der Waals surface area contributed by atoms with Crippen LogP contribution in [0.5, 0.6) is 5.75 Å². The van der Waals surface area contributed by atoms with Crippen LogP contribution in [0.4, 0.5) is 5.69 Å². The highest BCUT2D eigenvalue weighted by molar-refractivity contribution is 6.30. The Morgan fingerprint density at radius 3 is 2.47 bits per heavy atom. The topological polar surface area (TPSA) is 72.3 Å². The quantitative estimate of drug-likeness (QED) is 0.716. The van der Waals surface area contributed by atoms with E-state index in [0.29, 0.717) is 21.8 Å². The molecule has 5 N–H and O–H groups in total. The van der Waals surface area contributed by atoms with E-state index in [4.69, 9.17) is 23.1 Å². The molecule has 0 saturated carbocycles. The van der Waals surface area contributed by atoms with Crippen molar-refractivity contribution < 1.29 is 5.11 Å². The summed E-state index contributed by atoms with van der Waals surface area (Å²) in [5.74, 6) is 0.152. The van der Waals surface area contributed by atoms with Crippen LogP contribution in [0.25, 0.3) is 0 Å². The molecule has 2 aromatic rings. The molecule has 0 saturated heterocycles. The molecule has 88 valence electrons. The van der Waals surface area contributed by atoms with E-state index in [2.05, 4.69) is 0 Å². The predicted octanol–water partition coefficient (Wildman–Crippen LogP) is 2.68. The fraction of sp³-hybridized carbons (Fsp3) is 0.0769. The maximum absolute atomic E-state index is 9.75. The molecule has 2 rings (SSSR count). The second-order valence-corrected chi connectivity index (χ2v) is 4.25. The van der Waals surface area contributed by atoms with Gasteiger partial charge in [-0.25, -0.2) is 0 Å². The molecule has 3 nitrogen and oxygen atoms in total. The molecule has 0 aliphatic carbocycles. The first-order valence-electron chi connectivity index (χ1n) is 5.18. The van der Waals surface area contributed by atoms with Crippen molar-refractivity contribution >= 4 is 17.3 Å². The number of halogens is 1. The van der Waals surface area contributed by atoms with E-state index in [1.165, 1.54) is 0 Å². The normalized spacial score (nSPS) is 12.4. The molecule has 0 aliphatic rings. The number of anilines is 1. The van der Waals surface area contributed by atoms with Crippen molar-refractivity contribution in [3.8, 4) is 5.75 Å². The summed E-state index contributed by atoms with van der Waals surface area (Å²) >= 11 is 5.91. The number of hydrogen-bond donors (Lipinski definition) is 3. The second-order valence-electron chi connectivity index (χ2n) is 3.81. The van der Waals surface area contributed by atoms with E-state index in [0.717, 1.165) is 0 Å². The number of rotatable bonds is 2. The largest absolute Gasteiger partial charge is 0.508 e. The van der Waals surface area contributed by atoms with E-state index in [9.17, 15) is 5.11 Å². The monoisotopic (exact) mass is 248 g/mol. The minimum absolute atomic E-state index is 0.152. The second kappa shape index (κ2) is 4.65. The maximum Gasteiger partial charge on any atom is 0.120 e. The number of benzene rings is 2. The lowest BCUT2D eigenvalue weighted by Gasteiger charge is -2.16. The SMILES string of the molecule is Nc1ccc(Cl)cc1C(N)c1ccccc1O. The zero-order valence-corrected chi connectivity index (χ0v) is 9.85. The highest BCUT2D eigenvalue weighted by Crippen LogP contribution is 2.31. The van der Waals surface area contributed by atoms with Gasteiger partial charge < -0.3 is 16.6 Å². The zero-order chi connectivity index (χ0) is 12.4. The Labute approximate surface area is 105 Å². The standard InChI is InChI=1S/C13H13ClN2O/c14-8-5-6-11(15)10(7-8)13(16)9-3-1-2-4-12(9)17/h1-7,13,17H,15-16H2. The van der Waals surface area contributed by atoms with Crippen LogP contribution in [-0.4, -0.2) is 5.11 Å². The summed E-state index contributed by atoms with van der Waals surface area (Å²) < 4.78 is 0. The average Bonchev–Trinajstić information content (AvgIpc) is 2.32. The van der Waals surface area contributed by atoms with E-state index in [-0.39, 0.29) is 5.75 Å². The van der Waals surface area contributed by atoms with Crippen LogP contribution in [0, 0.1) is 0 Å². The summed E-state index contributed by atoms with van der Waals surface area (Å²) in [5.41, 5.74) is 13.8. The number of para-hydroxylation sites is 1. The molecule has 0 fully saturated rings. The van der Waals surface area contributed by atoms with Gasteiger partial charge in [0.15, 0.2) is 0 Å². The molecule has 4 heteroatoms. The van der Waals surface area contributed by atoms with Crippen molar-refractivity contribution in [2.75, 3.05) is 5.73 Å². The Kier molecular flexibility index (Phi) is 3.22. The van der Waals surface area contributed by atoms with E-state index < -0.39 is 6.04 Å². The van der Waals surface area contributed by atoms with Gasteiger partial charge in [0.25, 0.3) is 0 Å². The van der Waals surface area contributed by atoms with E-state index >= 15 is 0 Å². The van der Waals surface area contributed by atoms with Crippen LogP contribution in [0.2, 0.25) is 5.02 Å². The van der Waals surface area contributed by atoms with Gasteiger partial charge in [0.1, 0.15) is 5.75 Å². The highest BCUT2D eigenvalue weighted by atomic mass is 35.5. The highest BCUT2D eigenvalue weighted by Gasteiger charge is 2.15. The molecule has 17 heavy (non-hydrogen) atoms. The molecule has 0 spiro atoms. The minimum atomic E-state index is -0.491. The number of nitrogen functional groups attached to an aromatic ring is 1. The van der Waals surface area contributed by atoms with Gasteiger partial charge in [-0.1, -0.05) is 29.8 Å². The molecule has 0 amide bonds. The molecule has 1 unspecified atom stereocenters. The maximum atomic E-state index is 9.75. The Bertz CT molecular complexity index is 543. The third kappa shape index (κ3) is 2.35. The van der Waals surface area contributed by atoms with Gasteiger partial charge in [-0.15, -0.1) is 0 Å². The molecule has 0 heterocycles. The van der Waals surface area contributed by atoms with Gasteiger partial charge in [-0.2, -0.15) is 0 Å². The van der Waals surface area contributed by atoms with Gasteiger partial charge in [0.05, 0.1) is 6.04 Å². The summed E-state index contributed by atoms with van der Waals surface area (Å²) in [6.07, 6.45) is 0. The first-order chi connectivity index (χ1) is 8.09. The van der Waals surface area contributed by atoms with Crippen LogP contribution in [-0.2, 0) is 0 Å². The van der Waals surface area contributed by atoms with Crippen molar-refractivity contribution in [3.63, 3.8) is 0 Å². The number of phenols is 1. The summed E-state index contributed by atoms with van der Waals surface area (Å²) in [6, 6.07) is 11.6. The van der Waals surface area contributed by atoms with Gasteiger partial charge >= 0.3 is 0 Å². The third-order valence-corrected chi connectivity index (χ3v) is 2.89. The van der Waals surface area contributed by atoms with E-state index in [1.54, 1.807) is 36.4 Å². The Morgan fingerprint density at radius 1 is 1.06 bits per heavy atom. The molecule has 0 aromatic heterocycles. The van der Waals surface area contributed by atoms with Crippen molar-refractivity contribution in [1.82, 2.24) is 0 Å². The zero-order valence-electron chi connectivity index (χ0n) is 9.10. The van der Waals surface area contributed by atoms with E-state index in [1.807, 2.05) is 6.07 Å². The molecule has 0 bridgehead atoms. The first-order valence-corrected chi connectivity index (χ1v) is 5.56. The molecule has 1 atom stereocenters. The van der Waals surface area contributed by atoms with Crippen LogP contribution < -0.4 is 11.5 Å². The number of nitrogens with two attached hydrogens (primary N) is 2. The lowest BCUT2D eigenvalue weighted by atomic mass is 9.97. The van der Waals surface area contributed by atoms with Crippen LogP contribution in [0.3, 0.4) is 0 Å². The van der Waals surface area contributed by atoms with Crippen LogP contribution in [0.15, 0.2) is 42.5 Å². The fourth-order valence-electron chi connectivity index (χ4n) is 1.73. The molecular formula is C13H13ClN2O.